The van der Waals surface area contributed by atoms with Crippen LogP contribution in [0.2, 0.25) is 77.6 Å². The molecule has 0 atom stereocenters. The Labute approximate surface area is 304 Å². The van der Waals surface area contributed by atoms with Gasteiger partial charge < -0.3 is 8.23 Å². The summed E-state index contributed by atoms with van der Waals surface area (Å²) in [6.45, 7) is 23.6. The first-order valence-electron chi connectivity index (χ1n) is 18.7. The van der Waals surface area contributed by atoms with Crippen LogP contribution in [-0.2, 0) is 21.1 Å². The monoisotopic (exact) mass is 750 g/mol. The molecule has 5 rings (SSSR count). The van der Waals surface area contributed by atoms with Gasteiger partial charge in [0, 0.05) is 30.9 Å². The van der Waals surface area contributed by atoms with Gasteiger partial charge in [-0.15, -0.1) is 22.7 Å². The van der Waals surface area contributed by atoms with Crippen LogP contribution in [0.1, 0.15) is 62.5 Å². The van der Waals surface area contributed by atoms with Gasteiger partial charge in [0.05, 0.1) is 9.40 Å². The van der Waals surface area contributed by atoms with Crippen LogP contribution < -0.4 is 0 Å². The summed E-state index contributed by atoms with van der Waals surface area (Å²) in [7, 11) is -5.86. The Kier molecular flexibility index (Phi) is 12.4. The number of hydrogen-bond acceptors (Lipinski definition) is 4. The predicted octanol–water partition coefficient (Wildman–Crippen LogP) is 14.7. The first-order chi connectivity index (χ1) is 22.5. The van der Waals surface area contributed by atoms with Crippen molar-refractivity contribution in [2.75, 3.05) is 0 Å². The first kappa shape index (κ1) is 38.1. The number of aryl methyl sites for hydroxylation is 2. The lowest BCUT2D eigenvalue weighted by atomic mass is 10.0. The van der Waals surface area contributed by atoms with Crippen molar-refractivity contribution in [2.45, 2.75) is 142 Å². The minimum absolute atomic E-state index is 1.18. The van der Waals surface area contributed by atoms with Gasteiger partial charge in [-0.3, -0.25) is 0 Å². The van der Waals surface area contributed by atoms with E-state index in [1.807, 2.05) is 22.7 Å². The molecule has 0 saturated carbocycles. The van der Waals surface area contributed by atoms with Gasteiger partial charge in [0.2, 0.25) is 0 Å². The highest BCUT2D eigenvalue weighted by molar-refractivity contribution is 7.33. The van der Waals surface area contributed by atoms with E-state index in [0.29, 0.717) is 0 Å². The van der Waals surface area contributed by atoms with E-state index in [1.165, 1.54) is 128 Å². The largest absolute Gasteiger partial charge is 0.456 e. The van der Waals surface area contributed by atoms with Crippen LogP contribution in [-0.4, -0.2) is 33.3 Å². The number of thiophene rings is 2. The van der Waals surface area contributed by atoms with E-state index in [4.69, 9.17) is 8.23 Å². The molecule has 0 spiro atoms. The fraction of sp³-hybridized carbons (Fsp3) is 0.550. The van der Waals surface area contributed by atoms with Crippen molar-refractivity contribution in [2.24, 2.45) is 0 Å². The van der Waals surface area contributed by atoms with Crippen molar-refractivity contribution in [3.8, 4) is 0 Å². The van der Waals surface area contributed by atoms with E-state index in [-0.39, 0.29) is 0 Å². The van der Waals surface area contributed by atoms with Gasteiger partial charge in [0.1, 0.15) is 0 Å². The van der Waals surface area contributed by atoms with Crippen LogP contribution in [0.5, 0.6) is 0 Å². The van der Waals surface area contributed by atoms with Gasteiger partial charge in [-0.2, -0.15) is 0 Å². The Morgan fingerprint density at radius 3 is 1.17 bits per heavy atom. The molecule has 0 aliphatic rings. The molecule has 0 unspecified atom stereocenters. The van der Waals surface area contributed by atoms with Crippen LogP contribution >= 0.6 is 22.7 Å². The third-order valence-electron chi connectivity index (χ3n) is 9.36. The lowest BCUT2D eigenvalue weighted by molar-refractivity contribution is 0.537. The van der Waals surface area contributed by atoms with Crippen molar-refractivity contribution < 1.29 is 8.23 Å². The average Bonchev–Trinajstić information content (AvgIpc) is 3.51. The van der Waals surface area contributed by atoms with Crippen LogP contribution in [0.15, 0.2) is 48.5 Å². The molecule has 0 aliphatic heterocycles. The molecule has 0 radical (unpaired) electrons. The second kappa shape index (κ2) is 15.6. The van der Waals surface area contributed by atoms with Gasteiger partial charge in [-0.25, -0.2) is 0 Å². The highest BCUT2D eigenvalue weighted by atomic mass is 32.1. The Morgan fingerprint density at radius 2 is 0.792 bits per heavy atom. The van der Waals surface area contributed by atoms with Crippen molar-refractivity contribution >= 4 is 96.3 Å². The summed E-state index contributed by atoms with van der Waals surface area (Å²) < 4.78 is 18.9. The SMILES string of the molecule is C[Si](C)(C)O[Si](C)(C)CCCCCCc1ccc2c(c1)sc1c2ccc2c3ccc(CCCCCC[Si](C)(C)O[Si](C)(C)C)cc3sc21. The maximum absolute atomic E-state index is 6.54. The molecule has 2 heterocycles. The summed E-state index contributed by atoms with van der Waals surface area (Å²) in [5, 5.41) is 5.70. The van der Waals surface area contributed by atoms with Crippen LogP contribution in [0.25, 0.3) is 40.3 Å². The van der Waals surface area contributed by atoms with E-state index in [2.05, 4.69) is 114 Å². The molecule has 5 aromatic rings. The summed E-state index contributed by atoms with van der Waals surface area (Å²) in [6, 6.07) is 21.9. The molecule has 0 saturated heterocycles. The summed E-state index contributed by atoms with van der Waals surface area (Å²) in [5.74, 6) is 0. The molecule has 2 aromatic heterocycles. The van der Waals surface area contributed by atoms with E-state index < -0.39 is 33.3 Å². The van der Waals surface area contributed by atoms with Gasteiger partial charge in [0.25, 0.3) is 0 Å². The van der Waals surface area contributed by atoms with Gasteiger partial charge in [-0.1, -0.05) is 74.9 Å². The second-order valence-electron chi connectivity index (χ2n) is 17.5. The summed E-state index contributed by atoms with van der Waals surface area (Å²) in [4.78, 5) is 0. The fourth-order valence-corrected chi connectivity index (χ4v) is 26.6. The predicted molar refractivity (Wildman–Crippen MR) is 230 cm³/mol. The minimum Gasteiger partial charge on any atom is -0.456 e. The molecule has 0 bridgehead atoms. The third-order valence-corrected chi connectivity index (χ3v) is 24.3. The highest BCUT2D eigenvalue weighted by Gasteiger charge is 2.29. The fourth-order valence-electron chi connectivity index (χ4n) is 7.69. The third kappa shape index (κ3) is 10.7. The summed E-state index contributed by atoms with van der Waals surface area (Å²) in [5.41, 5.74) is 2.99. The maximum atomic E-state index is 6.54. The number of rotatable bonds is 18. The topological polar surface area (TPSA) is 18.5 Å². The first-order valence-corrected chi connectivity index (χ1v) is 33.4. The zero-order valence-electron chi connectivity index (χ0n) is 31.7. The van der Waals surface area contributed by atoms with Crippen LogP contribution in [0.3, 0.4) is 0 Å². The van der Waals surface area contributed by atoms with Crippen molar-refractivity contribution in [1.82, 2.24) is 0 Å². The molecular formula is C40H62O2S2Si4. The van der Waals surface area contributed by atoms with Gasteiger partial charge >= 0.3 is 0 Å². The Bertz CT molecular complexity index is 1690. The minimum atomic E-state index is -1.50. The maximum Gasteiger partial charge on any atom is 0.173 e. The Morgan fingerprint density at radius 1 is 0.438 bits per heavy atom. The van der Waals surface area contributed by atoms with Crippen molar-refractivity contribution in [1.29, 1.82) is 0 Å². The number of fused-ring (bicyclic) bond motifs is 7. The molecule has 48 heavy (non-hydrogen) atoms. The Hall–Kier alpha value is -1.11. The van der Waals surface area contributed by atoms with Gasteiger partial charge in [0.15, 0.2) is 33.3 Å². The molecule has 8 heteroatoms. The quantitative estimate of drug-likeness (QED) is 0.0656. The number of unbranched alkanes of at least 4 members (excludes halogenated alkanes) is 6. The zero-order chi connectivity index (χ0) is 34.7. The van der Waals surface area contributed by atoms with Crippen LogP contribution in [0.4, 0.5) is 0 Å². The highest BCUT2D eigenvalue weighted by Crippen LogP contribution is 2.44. The second-order valence-corrected chi connectivity index (χ2v) is 37.7. The van der Waals surface area contributed by atoms with Crippen molar-refractivity contribution in [3.05, 3.63) is 59.7 Å². The lowest BCUT2D eigenvalue weighted by Crippen LogP contribution is -2.42. The van der Waals surface area contributed by atoms with E-state index in [9.17, 15) is 0 Å². The number of benzene rings is 3. The van der Waals surface area contributed by atoms with Crippen molar-refractivity contribution in [3.63, 3.8) is 0 Å². The smallest absolute Gasteiger partial charge is 0.173 e. The zero-order valence-corrected chi connectivity index (χ0v) is 37.4. The molecule has 0 amide bonds. The van der Waals surface area contributed by atoms with Crippen LogP contribution in [0, 0.1) is 0 Å². The van der Waals surface area contributed by atoms with E-state index >= 15 is 0 Å². The average molecular weight is 751 g/mol. The van der Waals surface area contributed by atoms with E-state index in [1.54, 1.807) is 0 Å². The molecule has 2 nitrogen and oxygen atoms in total. The normalized spacial score (nSPS) is 13.5. The molecule has 0 fully saturated rings. The number of hydrogen-bond donors (Lipinski definition) is 0. The molecule has 3 aromatic carbocycles. The summed E-state index contributed by atoms with van der Waals surface area (Å²) in [6.07, 6.45) is 12.9. The van der Waals surface area contributed by atoms with Gasteiger partial charge in [-0.05, 0) is 127 Å². The lowest BCUT2D eigenvalue weighted by Gasteiger charge is -2.31. The Balaban J connectivity index is 1.16. The summed E-state index contributed by atoms with van der Waals surface area (Å²) >= 11 is 4.01. The molecular weight excluding hydrogens is 689 g/mol. The standard InChI is InChI=1S/C40H62O2S2Si4/c1-45(2,3)41-47(7,8)27-17-13-11-15-19-31-21-23-33-35-25-26-36-34-24-22-32(30-38(34)44-40(36)39(35)43-37(33)29-31)20-16-12-14-18-28-48(9,10)42-46(4,5)6/h21-26,29-30H,11-20,27-28H2,1-10H3. The molecule has 0 N–H and O–H groups in total. The molecule has 262 valence electrons. The molecule has 0 aliphatic carbocycles. The van der Waals surface area contributed by atoms with E-state index in [0.717, 1.165) is 0 Å².